The summed E-state index contributed by atoms with van der Waals surface area (Å²) in [6.07, 6.45) is -6.74. The van der Waals surface area contributed by atoms with Gasteiger partial charge in [0.1, 0.15) is 0 Å². The van der Waals surface area contributed by atoms with Gasteiger partial charge in [-0.1, -0.05) is 6.58 Å². The largest absolute Gasteiger partial charge is 0.460 e. The summed E-state index contributed by atoms with van der Waals surface area (Å²) < 4.78 is 112. The van der Waals surface area contributed by atoms with E-state index in [4.69, 9.17) is 0 Å². The van der Waals surface area contributed by atoms with Crippen LogP contribution in [-0.4, -0.2) is 18.0 Å². The Morgan fingerprint density at radius 3 is 1.65 bits per heavy atom. The molecule has 0 N–H and O–H groups in total. The van der Waals surface area contributed by atoms with Gasteiger partial charge in [0.05, 0.1) is 6.26 Å². The second kappa shape index (κ2) is 4.49. The van der Waals surface area contributed by atoms with Crippen LogP contribution in [-0.2, 0) is 4.74 Å². The molecule has 0 atom stereocenters. The maximum Gasteiger partial charge on any atom is 0.460 e. The molecule has 1 nitrogen and oxygen atoms in total. The van der Waals surface area contributed by atoms with Crippen LogP contribution in [0.5, 0.6) is 0 Å². The lowest BCUT2D eigenvalue weighted by molar-refractivity contribution is -0.348. The Morgan fingerprint density at radius 1 is 0.941 bits per heavy atom. The van der Waals surface area contributed by atoms with E-state index in [2.05, 4.69) is 11.3 Å². The molecule has 0 aliphatic rings. The maximum atomic E-state index is 12.4. The van der Waals surface area contributed by atoms with E-state index in [1.54, 1.807) is 0 Å². The molecule has 0 aliphatic heterocycles. The lowest BCUT2D eigenvalue weighted by Crippen LogP contribution is -2.52. The van der Waals surface area contributed by atoms with Crippen molar-refractivity contribution < 1.29 is 44.3 Å². The van der Waals surface area contributed by atoms with Crippen LogP contribution in [0.2, 0.25) is 0 Å². The molecule has 17 heavy (non-hydrogen) atoms. The standard InChI is InChI=1S/C7H3F9O/c1-2-17-4(9)3(8)5(10,11)6(12,13)7(14,15)16/h2H,1H2. The lowest BCUT2D eigenvalue weighted by Gasteiger charge is -2.26. The van der Waals surface area contributed by atoms with Gasteiger partial charge in [-0.25, -0.2) is 0 Å². The predicted molar refractivity (Wildman–Crippen MR) is 36.5 cm³/mol. The van der Waals surface area contributed by atoms with E-state index in [0.717, 1.165) is 0 Å². The third kappa shape index (κ3) is 2.67. The van der Waals surface area contributed by atoms with Gasteiger partial charge in [-0.05, 0) is 0 Å². The number of hydrogen-bond acceptors (Lipinski definition) is 1. The summed E-state index contributed by atoms with van der Waals surface area (Å²) in [7, 11) is 0. The fourth-order valence-electron chi connectivity index (χ4n) is 0.564. The van der Waals surface area contributed by atoms with Gasteiger partial charge in [-0.3, -0.25) is 0 Å². The molecule has 0 amide bonds. The van der Waals surface area contributed by atoms with Crippen molar-refractivity contribution >= 4 is 0 Å². The summed E-state index contributed by atoms with van der Waals surface area (Å²) in [4.78, 5) is 0. The van der Waals surface area contributed by atoms with Crippen LogP contribution in [0.1, 0.15) is 0 Å². The van der Waals surface area contributed by atoms with Crippen LogP contribution in [0.15, 0.2) is 24.7 Å². The monoisotopic (exact) mass is 274 g/mol. The minimum atomic E-state index is -6.79. The SMILES string of the molecule is C=COC(F)=C(F)C(F)(F)C(F)(F)C(F)(F)F. The number of ether oxygens (including phenoxy) is 1. The quantitative estimate of drug-likeness (QED) is 0.554. The van der Waals surface area contributed by atoms with Crippen molar-refractivity contribution in [1.29, 1.82) is 0 Å². The molecule has 0 saturated heterocycles. The number of halogens is 9. The summed E-state index contributed by atoms with van der Waals surface area (Å²) in [5, 5.41) is 0. The van der Waals surface area contributed by atoms with Crippen molar-refractivity contribution in [2.24, 2.45) is 0 Å². The first-order chi connectivity index (χ1) is 7.39. The van der Waals surface area contributed by atoms with E-state index in [0.29, 0.717) is 0 Å². The first kappa shape index (κ1) is 15.6. The van der Waals surface area contributed by atoms with Gasteiger partial charge in [0.25, 0.3) is 0 Å². The van der Waals surface area contributed by atoms with Gasteiger partial charge < -0.3 is 4.74 Å². The molecular weight excluding hydrogens is 271 g/mol. The zero-order valence-corrected chi connectivity index (χ0v) is 7.59. The molecule has 0 rings (SSSR count). The van der Waals surface area contributed by atoms with Crippen LogP contribution in [0.4, 0.5) is 39.5 Å². The van der Waals surface area contributed by atoms with E-state index in [1.165, 1.54) is 0 Å². The molecule has 0 spiro atoms. The van der Waals surface area contributed by atoms with E-state index in [1.807, 2.05) is 0 Å². The Bertz CT molecular complexity index is 327. The van der Waals surface area contributed by atoms with Crippen LogP contribution in [0.3, 0.4) is 0 Å². The normalized spacial score (nSPS) is 15.4. The summed E-state index contributed by atoms with van der Waals surface area (Å²) in [5.74, 6) is -16.9. The second-order valence-electron chi connectivity index (χ2n) is 2.52. The Hall–Kier alpha value is -1.35. The zero-order valence-electron chi connectivity index (χ0n) is 7.59. The summed E-state index contributed by atoms with van der Waals surface area (Å²) in [6.45, 7) is 2.56. The smallest absolute Gasteiger partial charge is 0.438 e. The third-order valence-corrected chi connectivity index (χ3v) is 1.39. The van der Waals surface area contributed by atoms with Crippen LogP contribution >= 0.6 is 0 Å². The van der Waals surface area contributed by atoms with E-state index in [9.17, 15) is 39.5 Å². The van der Waals surface area contributed by atoms with Gasteiger partial charge in [-0.15, -0.1) is 0 Å². The van der Waals surface area contributed by atoms with E-state index in [-0.39, 0.29) is 6.26 Å². The fraction of sp³-hybridized carbons (Fsp3) is 0.429. The summed E-state index contributed by atoms with van der Waals surface area (Å²) >= 11 is 0. The molecule has 0 bridgehead atoms. The highest BCUT2D eigenvalue weighted by Crippen LogP contribution is 2.50. The third-order valence-electron chi connectivity index (χ3n) is 1.39. The summed E-state index contributed by atoms with van der Waals surface area (Å²) in [5.41, 5.74) is 0. The highest BCUT2D eigenvalue weighted by Gasteiger charge is 2.75. The molecule has 0 aromatic carbocycles. The molecule has 0 saturated carbocycles. The molecular formula is C7H3F9O. The van der Waals surface area contributed by atoms with Crippen molar-refractivity contribution in [3.63, 3.8) is 0 Å². The zero-order chi connectivity index (χ0) is 14.1. The minimum absolute atomic E-state index is 0.0245. The Kier molecular flexibility index (Phi) is 4.14. The Balaban J connectivity index is 5.56. The Labute approximate surface area is 88.2 Å². The minimum Gasteiger partial charge on any atom is -0.438 e. The highest BCUT2D eigenvalue weighted by molar-refractivity contribution is 5.13. The average molecular weight is 274 g/mol. The molecule has 0 aromatic heterocycles. The van der Waals surface area contributed by atoms with Crippen LogP contribution in [0.25, 0.3) is 0 Å². The van der Waals surface area contributed by atoms with E-state index < -0.39 is 29.9 Å². The fourth-order valence-corrected chi connectivity index (χ4v) is 0.564. The summed E-state index contributed by atoms with van der Waals surface area (Å²) in [6, 6.07) is -2.94. The van der Waals surface area contributed by atoms with Gasteiger partial charge in [0, 0.05) is 0 Å². The lowest BCUT2D eigenvalue weighted by atomic mass is 10.1. The van der Waals surface area contributed by atoms with Gasteiger partial charge in [0.2, 0.25) is 5.83 Å². The van der Waals surface area contributed by atoms with Crippen molar-refractivity contribution in [1.82, 2.24) is 0 Å². The van der Waals surface area contributed by atoms with Gasteiger partial charge >= 0.3 is 24.0 Å². The number of allylic oxidation sites excluding steroid dienone is 1. The van der Waals surface area contributed by atoms with Crippen molar-refractivity contribution in [3.05, 3.63) is 24.7 Å². The molecule has 100 valence electrons. The molecule has 0 radical (unpaired) electrons. The number of rotatable bonds is 4. The first-order valence-corrected chi connectivity index (χ1v) is 3.55. The molecule has 0 fully saturated rings. The van der Waals surface area contributed by atoms with Crippen molar-refractivity contribution in [2.45, 2.75) is 18.0 Å². The van der Waals surface area contributed by atoms with E-state index >= 15 is 0 Å². The van der Waals surface area contributed by atoms with Crippen molar-refractivity contribution in [3.8, 4) is 0 Å². The topological polar surface area (TPSA) is 9.23 Å². The molecule has 10 heteroatoms. The molecule has 0 aromatic rings. The number of hydrogen-bond donors (Lipinski definition) is 0. The molecule has 0 unspecified atom stereocenters. The maximum absolute atomic E-state index is 12.4. The molecule has 0 heterocycles. The van der Waals surface area contributed by atoms with Crippen molar-refractivity contribution in [2.75, 3.05) is 0 Å². The first-order valence-electron chi connectivity index (χ1n) is 3.55. The average Bonchev–Trinajstić information content (AvgIpc) is 2.14. The van der Waals surface area contributed by atoms with Crippen LogP contribution < -0.4 is 0 Å². The van der Waals surface area contributed by atoms with Crippen LogP contribution in [0, 0.1) is 0 Å². The second-order valence-corrected chi connectivity index (χ2v) is 2.52. The van der Waals surface area contributed by atoms with Gasteiger partial charge in [-0.2, -0.15) is 39.5 Å². The predicted octanol–water partition coefficient (Wildman–Crippen LogP) is 4.09. The highest BCUT2D eigenvalue weighted by atomic mass is 19.4. The van der Waals surface area contributed by atoms with Gasteiger partial charge in [0.15, 0.2) is 0 Å². The number of alkyl halides is 7. The Morgan fingerprint density at radius 2 is 1.35 bits per heavy atom. The molecule has 0 aliphatic carbocycles.